The van der Waals surface area contributed by atoms with E-state index < -0.39 is 0 Å². The molecule has 1 unspecified atom stereocenters. The number of ether oxygens (including phenoxy) is 1. The Morgan fingerprint density at radius 3 is 2.58 bits per heavy atom. The van der Waals surface area contributed by atoms with Crippen molar-refractivity contribution in [3.63, 3.8) is 0 Å². The lowest BCUT2D eigenvalue weighted by molar-refractivity contribution is 0.472. The molecule has 2 aromatic carbocycles. The van der Waals surface area contributed by atoms with E-state index in [0.29, 0.717) is 11.6 Å². The van der Waals surface area contributed by atoms with Crippen molar-refractivity contribution in [3.8, 4) is 11.5 Å². The first-order valence-corrected chi connectivity index (χ1v) is 6.74. The summed E-state index contributed by atoms with van der Waals surface area (Å²) >= 11 is 0. The van der Waals surface area contributed by atoms with Gasteiger partial charge in [0.25, 0.3) is 0 Å². The molecular formula is C17H21NO. The largest absolute Gasteiger partial charge is 0.455 e. The Morgan fingerprint density at radius 1 is 1.11 bits per heavy atom. The van der Waals surface area contributed by atoms with Crippen LogP contribution >= 0.6 is 0 Å². The Morgan fingerprint density at radius 2 is 1.84 bits per heavy atom. The van der Waals surface area contributed by atoms with E-state index in [-0.39, 0.29) is 0 Å². The normalized spacial score (nSPS) is 12.2. The quantitative estimate of drug-likeness (QED) is 0.790. The van der Waals surface area contributed by atoms with Gasteiger partial charge in [-0.2, -0.15) is 0 Å². The molecule has 1 atom stereocenters. The Kier molecular flexibility index (Phi) is 4.10. The second kappa shape index (κ2) is 5.79. The smallest absolute Gasteiger partial charge is 0.150 e. The maximum absolute atomic E-state index is 6.02. The number of nitrogen functional groups attached to an aromatic ring is 1. The Bertz CT molecular complexity index is 563. The summed E-state index contributed by atoms with van der Waals surface area (Å²) in [6.07, 6.45) is 1.09. The lowest BCUT2D eigenvalue weighted by Crippen LogP contribution is -1.98. The summed E-state index contributed by atoms with van der Waals surface area (Å²) < 4.78 is 6.02. The zero-order valence-electron chi connectivity index (χ0n) is 11.8. The predicted molar refractivity (Wildman–Crippen MR) is 80.8 cm³/mol. The molecule has 0 fully saturated rings. The minimum absolute atomic E-state index is 0.474. The minimum atomic E-state index is 0.474. The second-order valence-corrected chi connectivity index (χ2v) is 4.99. The highest BCUT2D eigenvalue weighted by Gasteiger charge is 2.11. The average molecular weight is 255 g/mol. The van der Waals surface area contributed by atoms with Crippen LogP contribution in [0.4, 0.5) is 5.69 Å². The molecule has 0 radical (unpaired) electrons. The van der Waals surface area contributed by atoms with Crippen molar-refractivity contribution in [1.29, 1.82) is 0 Å². The van der Waals surface area contributed by atoms with Gasteiger partial charge in [-0.25, -0.2) is 0 Å². The van der Waals surface area contributed by atoms with Crippen molar-refractivity contribution < 1.29 is 4.74 Å². The molecule has 2 rings (SSSR count). The maximum Gasteiger partial charge on any atom is 0.150 e. The third-order valence-corrected chi connectivity index (χ3v) is 3.45. The summed E-state index contributed by atoms with van der Waals surface area (Å²) in [5, 5.41) is 0. The zero-order chi connectivity index (χ0) is 13.8. The van der Waals surface area contributed by atoms with E-state index in [4.69, 9.17) is 10.5 Å². The van der Waals surface area contributed by atoms with E-state index >= 15 is 0 Å². The lowest BCUT2D eigenvalue weighted by atomic mass is 9.98. The SMILES string of the molecule is CCC(C)c1ccccc1Oc1cc(C)ccc1N. The van der Waals surface area contributed by atoms with E-state index in [9.17, 15) is 0 Å². The van der Waals surface area contributed by atoms with E-state index in [1.807, 2.05) is 43.3 Å². The van der Waals surface area contributed by atoms with Crippen LogP contribution in [0.25, 0.3) is 0 Å². The third kappa shape index (κ3) is 3.08. The van der Waals surface area contributed by atoms with Crippen LogP contribution in [0, 0.1) is 6.92 Å². The van der Waals surface area contributed by atoms with Crippen LogP contribution in [-0.4, -0.2) is 0 Å². The summed E-state index contributed by atoms with van der Waals surface area (Å²) in [6.45, 7) is 6.43. The van der Waals surface area contributed by atoms with Crippen LogP contribution < -0.4 is 10.5 Å². The first kappa shape index (κ1) is 13.5. The lowest BCUT2D eigenvalue weighted by Gasteiger charge is -2.16. The molecule has 0 bridgehead atoms. The minimum Gasteiger partial charge on any atom is -0.455 e. The van der Waals surface area contributed by atoms with Crippen molar-refractivity contribution >= 4 is 5.69 Å². The van der Waals surface area contributed by atoms with Crippen molar-refractivity contribution in [2.75, 3.05) is 5.73 Å². The van der Waals surface area contributed by atoms with E-state index in [1.165, 1.54) is 5.56 Å². The van der Waals surface area contributed by atoms with Crippen LogP contribution in [0.3, 0.4) is 0 Å². The standard InChI is InChI=1S/C17H21NO/c1-4-13(3)14-7-5-6-8-16(14)19-17-11-12(2)9-10-15(17)18/h5-11,13H,4,18H2,1-3H3. The molecule has 2 heteroatoms. The fourth-order valence-corrected chi connectivity index (χ4v) is 2.05. The van der Waals surface area contributed by atoms with Gasteiger partial charge in [-0.3, -0.25) is 0 Å². The zero-order valence-corrected chi connectivity index (χ0v) is 11.8. The number of hydrogen-bond acceptors (Lipinski definition) is 2. The van der Waals surface area contributed by atoms with Gasteiger partial charge in [-0.15, -0.1) is 0 Å². The summed E-state index contributed by atoms with van der Waals surface area (Å²) in [4.78, 5) is 0. The van der Waals surface area contributed by atoms with Gasteiger partial charge in [0, 0.05) is 0 Å². The first-order valence-electron chi connectivity index (χ1n) is 6.74. The molecular weight excluding hydrogens is 234 g/mol. The molecule has 0 heterocycles. The molecule has 100 valence electrons. The number of anilines is 1. The van der Waals surface area contributed by atoms with Gasteiger partial charge in [0.1, 0.15) is 5.75 Å². The molecule has 2 N–H and O–H groups in total. The highest BCUT2D eigenvalue weighted by atomic mass is 16.5. The Hall–Kier alpha value is -1.96. The van der Waals surface area contributed by atoms with E-state index in [0.717, 1.165) is 23.5 Å². The van der Waals surface area contributed by atoms with Crippen molar-refractivity contribution in [1.82, 2.24) is 0 Å². The van der Waals surface area contributed by atoms with Crippen LogP contribution in [0.15, 0.2) is 42.5 Å². The molecule has 2 nitrogen and oxygen atoms in total. The summed E-state index contributed by atoms with van der Waals surface area (Å²) in [6, 6.07) is 14.0. The van der Waals surface area contributed by atoms with Crippen LogP contribution in [0.1, 0.15) is 37.3 Å². The van der Waals surface area contributed by atoms with Crippen LogP contribution in [0.2, 0.25) is 0 Å². The monoisotopic (exact) mass is 255 g/mol. The maximum atomic E-state index is 6.02. The molecule has 0 aliphatic rings. The van der Waals surface area contributed by atoms with Crippen molar-refractivity contribution in [2.45, 2.75) is 33.1 Å². The van der Waals surface area contributed by atoms with E-state index in [1.54, 1.807) is 0 Å². The van der Waals surface area contributed by atoms with E-state index in [2.05, 4.69) is 19.9 Å². The fraction of sp³-hybridized carbons (Fsp3) is 0.294. The number of rotatable bonds is 4. The molecule has 0 amide bonds. The number of benzene rings is 2. The number of aryl methyl sites for hydroxylation is 1. The van der Waals surface area contributed by atoms with Gasteiger partial charge in [-0.05, 0) is 48.6 Å². The van der Waals surface area contributed by atoms with Gasteiger partial charge in [0.2, 0.25) is 0 Å². The summed E-state index contributed by atoms with van der Waals surface area (Å²) in [5.74, 6) is 2.10. The number of nitrogens with two attached hydrogens (primary N) is 1. The summed E-state index contributed by atoms with van der Waals surface area (Å²) in [5.41, 5.74) is 9.01. The molecule has 2 aromatic rings. The highest BCUT2D eigenvalue weighted by molar-refractivity contribution is 5.56. The Labute approximate surface area is 115 Å². The number of hydrogen-bond donors (Lipinski definition) is 1. The molecule has 0 saturated heterocycles. The van der Waals surface area contributed by atoms with Crippen molar-refractivity contribution in [2.24, 2.45) is 0 Å². The topological polar surface area (TPSA) is 35.2 Å². The fourth-order valence-electron chi connectivity index (χ4n) is 2.05. The Balaban J connectivity index is 2.35. The van der Waals surface area contributed by atoms with Gasteiger partial charge in [0.05, 0.1) is 5.69 Å². The van der Waals surface area contributed by atoms with Gasteiger partial charge >= 0.3 is 0 Å². The predicted octanol–water partition coefficient (Wildman–Crippen LogP) is 4.88. The van der Waals surface area contributed by atoms with Crippen LogP contribution in [0.5, 0.6) is 11.5 Å². The average Bonchev–Trinajstić information content (AvgIpc) is 2.42. The third-order valence-electron chi connectivity index (χ3n) is 3.45. The molecule has 0 aromatic heterocycles. The highest BCUT2D eigenvalue weighted by Crippen LogP contribution is 2.34. The number of para-hydroxylation sites is 1. The molecule has 0 spiro atoms. The molecule has 0 saturated carbocycles. The van der Waals surface area contributed by atoms with Gasteiger partial charge in [-0.1, -0.05) is 38.1 Å². The van der Waals surface area contributed by atoms with Crippen molar-refractivity contribution in [3.05, 3.63) is 53.6 Å². The van der Waals surface area contributed by atoms with Gasteiger partial charge < -0.3 is 10.5 Å². The first-order chi connectivity index (χ1) is 9.11. The molecule has 0 aliphatic carbocycles. The van der Waals surface area contributed by atoms with Gasteiger partial charge in [0.15, 0.2) is 5.75 Å². The second-order valence-electron chi connectivity index (χ2n) is 4.99. The van der Waals surface area contributed by atoms with Crippen LogP contribution in [-0.2, 0) is 0 Å². The summed E-state index contributed by atoms with van der Waals surface area (Å²) in [7, 11) is 0. The molecule has 19 heavy (non-hydrogen) atoms. The molecule has 0 aliphatic heterocycles.